The number of hydrogen-bond acceptors (Lipinski definition) is 4. The average molecular weight is 216 g/mol. The van der Waals surface area contributed by atoms with Crippen LogP contribution in [-0.2, 0) is 9.59 Å². The van der Waals surface area contributed by atoms with Crippen LogP contribution in [0.15, 0.2) is 4.99 Å². The number of rotatable bonds is 5. The van der Waals surface area contributed by atoms with Crippen molar-refractivity contribution in [3.8, 4) is 0 Å². The summed E-state index contributed by atoms with van der Waals surface area (Å²) in [5.74, 6) is -2.53. The van der Waals surface area contributed by atoms with Crippen molar-refractivity contribution in [2.45, 2.75) is 26.4 Å². The number of aliphatic hydroxyl groups is 1. The van der Waals surface area contributed by atoms with E-state index in [1.807, 2.05) is 0 Å². The number of nitrogens with zero attached hydrogens (tertiary/aromatic N) is 1. The molecule has 0 aliphatic rings. The SMILES string of the molecule is CC(CC(C)O)=NCCNC(=O)C(=O)O. The molecule has 0 bridgehead atoms. The van der Waals surface area contributed by atoms with Gasteiger partial charge in [-0.1, -0.05) is 0 Å². The minimum Gasteiger partial charge on any atom is -0.474 e. The van der Waals surface area contributed by atoms with Crippen LogP contribution in [0.1, 0.15) is 20.3 Å². The molecule has 0 aliphatic heterocycles. The van der Waals surface area contributed by atoms with E-state index in [4.69, 9.17) is 10.2 Å². The van der Waals surface area contributed by atoms with E-state index in [1.165, 1.54) is 0 Å². The van der Waals surface area contributed by atoms with Crippen molar-refractivity contribution in [2.24, 2.45) is 4.99 Å². The molecule has 15 heavy (non-hydrogen) atoms. The maximum atomic E-state index is 10.6. The Morgan fingerprint density at radius 1 is 1.47 bits per heavy atom. The zero-order valence-electron chi connectivity index (χ0n) is 8.86. The summed E-state index contributed by atoms with van der Waals surface area (Å²) in [5, 5.41) is 19.4. The van der Waals surface area contributed by atoms with Gasteiger partial charge in [0.1, 0.15) is 0 Å². The molecule has 86 valence electrons. The molecule has 0 aromatic heterocycles. The van der Waals surface area contributed by atoms with Gasteiger partial charge in [0, 0.05) is 18.7 Å². The highest BCUT2D eigenvalue weighted by Gasteiger charge is 2.08. The average Bonchev–Trinajstić information content (AvgIpc) is 2.10. The van der Waals surface area contributed by atoms with Crippen LogP contribution in [0, 0.1) is 0 Å². The molecule has 6 nitrogen and oxygen atoms in total. The molecule has 1 atom stereocenters. The summed E-state index contributed by atoms with van der Waals surface area (Å²) in [6.07, 6.45) is 0.0368. The fourth-order valence-corrected chi connectivity index (χ4v) is 0.984. The van der Waals surface area contributed by atoms with Crippen LogP contribution >= 0.6 is 0 Å². The van der Waals surface area contributed by atoms with Gasteiger partial charge in [-0.2, -0.15) is 0 Å². The maximum Gasteiger partial charge on any atom is 0.394 e. The summed E-state index contributed by atoms with van der Waals surface area (Å²) in [4.78, 5) is 24.7. The second kappa shape index (κ2) is 6.94. The molecule has 6 heteroatoms. The van der Waals surface area contributed by atoms with Crippen molar-refractivity contribution in [1.29, 1.82) is 0 Å². The lowest BCUT2D eigenvalue weighted by atomic mass is 10.2. The Morgan fingerprint density at radius 3 is 2.53 bits per heavy atom. The predicted octanol–water partition coefficient (Wildman–Crippen LogP) is -0.581. The molecule has 0 aliphatic carbocycles. The van der Waals surface area contributed by atoms with E-state index < -0.39 is 18.0 Å². The smallest absolute Gasteiger partial charge is 0.394 e. The van der Waals surface area contributed by atoms with Gasteiger partial charge in [-0.3, -0.25) is 9.79 Å². The molecule has 3 N–H and O–H groups in total. The van der Waals surface area contributed by atoms with Crippen molar-refractivity contribution >= 4 is 17.6 Å². The molecule has 0 fully saturated rings. The van der Waals surface area contributed by atoms with Crippen molar-refractivity contribution in [3.63, 3.8) is 0 Å². The molecule has 1 unspecified atom stereocenters. The molecule has 0 saturated carbocycles. The van der Waals surface area contributed by atoms with Crippen LogP contribution in [0.2, 0.25) is 0 Å². The van der Waals surface area contributed by atoms with Crippen molar-refractivity contribution < 1.29 is 19.8 Å². The number of carboxylic acids is 1. The molecule has 0 heterocycles. The van der Waals surface area contributed by atoms with E-state index in [0.717, 1.165) is 5.71 Å². The Labute approximate surface area is 88.0 Å². The number of aliphatic carboxylic acids is 1. The fraction of sp³-hybridized carbons (Fsp3) is 0.667. The van der Waals surface area contributed by atoms with E-state index in [0.29, 0.717) is 13.0 Å². The first kappa shape index (κ1) is 13.6. The summed E-state index contributed by atoms with van der Waals surface area (Å²) in [6.45, 7) is 3.93. The first-order valence-electron chi connectivity index (χ1n) is 4.62. The van der Waals surface area contributed by atoms with Crippen LogP contribution < -0.4 is 5.32 Å². The number of amides is 1. The Bertz CT molecular complexity index is 261. The van der Waals surface area contributed by atoms with Crippen LogP contribution in [-0.4, -0.2) is 47.0 Å². The van der Waals surface area contributed by atoms with Gasteiger partial charge in [0.25, 0.3) is 0 Å². The molecule has 0 aromatic carbocycles. The summed E-state index contributed by atoms with van der Waals surface area (Å²) >= 11 is 0. The van der Waals surface area contributed by atoms with Gasteiger partial charge in [0.05, 0.1) is 12.6 Å². The summed E-state index contributed by atoms with van der Waals surface area (Å²) in [5.41, 5.74) is 0.773. The van der Waals surface area contributed by atoms with Gasteiger partial charge in [-0.25, -0.2) is 4.79 Å². The highest BCUT2D eigenvalue weighted by molar-refractivity contribution is 6.31. The number of aliphatic hydroxyl groups excluding tert-OH is 1. The number of hydrogen-bond donors (Lipinski definition) is 3. The van der Waals surface area contributed by atoms with Gasteiger partial charge in [0.2, 0.25) is 0 Å². The van der Waals surface area contributed by atoms with Gasteiger partial charge < -0.3 is 15.5 Å². The largest absolute Gasteiger partial charge is 0.474 e. The maximum absolute atomic E-state index is 10.6. The number of nitrogens with one attached hydrogen (secondary N) is 1. The van der Waals surface area contributed by atoms with Crippen LogP contribution in [0.4, 0.5) is 0 Å². The third-order valence-corrected chi connectivity index (χ3v) is 1.56. The van der Waals surface area contributed by atoms with E-state index in [-0.39, 0.29) is 6.54 Å². The number of carbonyl (C=O) groups excluding carboxylic acids is 1. The normalized spacial score (nSPS) is 13.4. The first-order chi connectivity index (χ1) is 6.93. The number of carbonyl (C=O) groups is 2. The van der Waals surface area contributed by atoms with Crippen molar-refractivity contribution in [2.75, 3.05) is 13.1 Å². The molecule has 0 saturated heterocycles. The molecule has 0 spiro atoms. The van der Waals surface area contributed by atoms with Gasteiger partial charge >= 0.3 is 11.9 Å². The van der Waals surface area contributed by atoms with Crippen LogP contribution in [0.25, 0.3) is 0 Å². The minimum atomic E-state index is -1.50. The zero-order chi connectivity index (χ0) is 11.8. The lowest BCUT2D eigenvalue weighted by Gasteiger charge is -2.03. The van der Waals surface area contributed by atoms with Gasteiger partial charge in [-0.15, -0.1) is 0 Å². The Morgan fingerprint density at radius 2 is 2.07 bits per heavy atom. The van der Waals surface area contributed by atoms with Crippen molar-refractivity contribution in [3.05, 3.63) is 0 Å². The minimum absolute atomic E-state index is 0.183. The van der Waals surface area contributed by atoms with E-state index in [2.05, 4.69) is 10.3 Å². The quantitative estimate of drug-likeness (QED) is 0.325. The number of aliphatic imine (C=N–C) groups is 1. The molecule has 1 amide bonds. The van der Waals surface area contributed by atoms with Crippen molar-refractivity contribution in [1.82, 2.24) is 5.32 Å². The first-order valence-corrected chi connectivity index (χ1v) is 4.62. The van der Waals surface area contributed by atoms with Crippen LogP contribution in [0.3, 0.4) is 0 Å². The summed E-state index contributed by atoms with van der Waals surface area (Å²) in [6, 6.07) is 0. The van der Waals surface area contributed by atoms with E-state index in [1.54, 1.807) is 13.8 Å². The molecular weight excluding hydrogens is 200 g/mol. The summed E-state index contributed by atoms with van der Waals surface area (Å²) in [7, 11) is 0. The number of carboxylic acid groups (broad SMARTS) is 1. The van der Waals surface area contributed by atoms with E-state index >= 15 is 0 Å². The van der Waals surface area contributed by atoms with Gasteiger partial charge in [-0.05, 0) is 13.8 Å². The zero-order valence-corrected chi connectivity index (χ0v) is 8.86. The topological polar surface area (TPSA) is 99.0 Å². The monoisotopic (exact) mass is 216 g/mol. The third-order valence-electron chi connectivity index (χ3n) is 1.56. The van der Waals surface area contributed by atoms with E-state index in [9.17, 15) is 9.59 Å². The highest BCUT2D eigenvalue weighted by atomic mass is 16.4. The Kier molecular flexibility index (Phi) is 6.28. The molecular formula is C9H16N2O4. The second-order valence-corrected chi connectivity index (χ2v) is 3.23. The standard InChI is InChI=1S/C9H16N2O4/c1-6(5-7(2)12)10-3-4-11-8(13)9(14)15/h7,12H,3-5H2,1-2H3,(H,11,13)(H,14,15). The molecule has 0 rings (SSSR count). The lowest BCUT2D eigenvalue weighted by molar-refractivity contribution is -0.150. The molecule has 0 aromatic rings. The molecule has 0 radical (unpaired) electrons. The highest BCUT2D eigenvalue weighted by Crippen LogP contribution is 1.92. The lowest BCUT2D eigenvalue weighted by Crippen LogP contribution is -2.32. The summed E-state index contributed by atoms with van der Waals surface area (Å²) < 4.78 is 0. The van der Waals surface area contributed by atoms with Crippen LogP contribution in [0.5, 0.6) is 0 Å². The predicted molar refractivity (Wildman–Crippen MR) is 54.9 cm³/mol. The second-order valence-electron chi connectivity index (χ2n) is 3.23. The van der Waals surface area contributed by atoms with Gasteiger partial charge in [0.15, 0.2) is 0 Å². The fourth-order valence-electron chi connectivity index (χ4n) is 0.984. The Balaban J connectivity index is 3.69. The third kappa shape index (κ3) is 7.63. The Hall–Kier alpha value is -1.43.